The summed E-state index contributed by atoms with van der Waals surface area (Å²) >= 11 is 0. The van der Waals surface area contributed by atoms with Gasteiger partial charge in [-0.3, -0.25) is 4.79 Å². The lowest BCUT2D eigenvalue weighted by Gasteiger charge is -2.38. The zero-order valence-corrected chi connectivity index (χ0v) is 16.8. The fourth-order valence-corrected chi connectivity index (χ4v) is 4.38. The van der Waals surface area contributed by atoms with E-state index in [4.69, 9.17) is 14.2 Å². The van der Waals surface area contributed by atoms with Crippen molar-refractivity contribution in [1.82, 2.24) is 9.88 Å². The standard InChI is InChI=1S/C23H26N2O4/c1-27-20-10-6-16(13-21(20)28-2)7-11-23(26)25-17-8-9-18(25)15-19(14-17)29-22-5-3-4-12-24-22/h3-7,10-13,17-19H,8-9,14-15H2,1-2H3/b11-7+. The molecular formula is C23H26N2O4. The van der Waals surface area contributed by atoms with Crippen molar-refractivity contribution in [2.75, 3.05) is 14.2 Å². The largest absolute Gasteiger partial charge is 0.493 e. The normalized spacial score (nSPS) is 23.2. The molecular weight excluding hydrogens is 368 g/mol. The maximum atomic E-state index is 12.9. The molecule has 2 fully saturated rings. The molecule has 1 amide bonds. The van der Waals surface area contributed by atoms with Gasteiger partial charge in [-0.25, -0.2) is 4.98 Å². The molecule has 0 saturated carbocycles. The van der Waals surface area contributed by atoms with Crippen LogP contribution in [0.15, 0.2) is 48.7 Å². The van der Waals surface area contributed by atoms with E-state index in [1.807, 2.05) is 47.4 Å². The number of amides is 1. The lowest BCUT2D eigenvalue weighted by molar-refractivity contribution is -0.131. The Morgan fingerprint density at radius 1 is 1.07 bits per heavy atom. The highest BCUT2D eigenvalue weighted by atomic mass is 16.5. The fourth-order valence-electron chi connectivity index (χ4n) is 4.38. The van der Waals surface area contributed by atoms with Crippen LogP contribution in [0.2, 0.25) is 0 Å². The van der Waals surface area contributed by atoms with Crippen molar-refractivity contribution in [3.63, 3.8) is 0 Å². The highest BCUT2D eigenvalue weighted by Gasteiger charge is 2.43. The molecule has 3 heterocycles. The molecule has 0 aliphatic carbocycles. The third-order valence-electron chi connectivity index (χ3n) is 5.70. The Balaban J connectivity index is 1.40. The molecule has 29 heavy (non-hydrogen) atoms. The van der Waals surface area contributed by atoms with E-state index < -0.39 is 0 Å². The Morgan fingerprint density at radius 2 is 1.83 bits per heavy atom. The number of ether oxygens (including phenoxy) is 3. The molecule has 2 bridgehead atoms. The zero-order valence-electron chi connectivity index (χ0n) is 16.8. The van der Waals surface area contributed by atoms with E-state index in [1.54, 1.807) is 26.5 Å². The summed E-state index contributed by atoms with van der Waals surface area (Å²) in [4.78, 5) is 19.2. The van der Waals surface area contributed by atoms with E-state index in [1.165, 1.54) is 0 Å². The van der Waals surface area contributed by atoms with Gasteiger partial charge in [0.2, 0.25) is 11.8 Å². The lowest BCUT2D eigenvalue weighted by Crippen LogP contribution is -2.48. The van der Waals surface area contributed by atoms with Crippen LogP contribution in [0.25, 0.3) is 6.08 Å². The molecule has 152 valence electrons. The minimum Gasteiger partial charge on any atom is -0.493 e. The number of carbonyl (C=O) groups excluding carboxylic acids is 1. The topological polar surface area (TPSA) is 60.9 Å². The van der Waals surface area contributed by atoms with Crippen molar-refractivity contribution < 1.29 is 19.0 Å². The van der Waals surface area contributed by atoms with E-state index in [0.717, 1.165) is 31.2 Å². The zero-order chi connectivity index (χ0) is 20.2. The van der Waals surface area contributed by atoms with Crippen LogP contribution in [0.3, 0.4) is 0 Å². The van der Waals surface area contributed by atoms with Crippen LogP contribution in [0.5, 0.6) is 17.4 Å². The van der Waals surface area contributed by atoms with E-state index in [-0.39, 0.29) is 24.1 Å². The lowest BCUT2D eigenvalue weighted by atomic mass is 9.99. The summed E-state index contributed by atoms with van der Waals surface area (Å²) in [6, 6.07) is 11.8. The maximum Gasteiger partial charge on any atom is 0.247 e. The molecule has 6 heteroatoms. The quantitative estimate of drug-likeness (QED) is 0.699. The molecule has 1 aromatic heterocycles. The van der Waals surface area contributed by atoms with Crippen LogP contribution in [0.4, 0.5) is 0 Å². The Kier molecular flexibility index (Phi) is 5.69. The Bertz CT molecular complexity index is 870. The van der Waals surface area contributed by atoms with E-state index in [0.29, 0.717) is 17.4 Å². The fraction of sp³-hybridized carbons (Fsp3) is 0.391. The molecule has 4 rings (SSSR count). The average Bonchev–Trinajstić information content (AvgIpc) is 3.03. The number of carbonyl (C=O) groups is 1. The van der Waals surface area contributed by atoms with Gasteiger partial charge < -0.3 is 19.1 Å². The number of methoxy groups -OCH3 is 2. The molecule has 1 aromatic carbocycles. The SMILES string of the molecule is COc1ccc(/C=C/C(=O)N2C3CCC2CC(Oc2ccccn2)C3)cc1OC. The smallest absolute Gasteiger partial charge is 0.247 e. The van der Waals surface area contributed by atoms with Crippen molar-refractivity contribution in [1.29, 1.82) is 0 Å². The number of pyridine rings is 1. The van der Waals surface area contributed by atoms with Gasteiger partial charge in [-0.05, 0) is 42.7 Å². The first-order chi connectivity index (χ1) is 14.2. The van der Waals surface area contributed by atoms with Crippen LogP contribution in [0, 0.1) is 0 Å². The van der Waals surface area contributed by atoms with Gasteiger partial charge in [0, 0.05) is 43.3 Å². The number of hydrogen-bond acceptors (Lipinski definition) is 5. The molecule has 2 saturated heterocycles. The van der Waals surface area contributed by atoms with Crippen LogP contribution < -0.4 is 14.2 Å². The Hall–Kier alpha value is -3.02. The minimum absolute atomic E-state index is 0.0589. The number of piperidine rings is 1. The van der Waals surface area contributed by atoms with E-state index in [9.17, 15) is 4.79 Å². The first-order valence-electron chi connectivity index (χ1n) is 9.98. The third kappa shape index (κ3) is 4.21. The van der Waals surface area contributed by atoms with Gasteiger partial charge in [-0.1, -0.05) is 12.1 Å². The molecule has 2 aromatic rings. The summed E-state index contributed by atoms with van der Waals surface area (Å²) in [5, 5.41) is 0. The van der Waals surface area contributed by atoms with Gasteiger partial charge >= 0.3 is 0 Å². The molecule has 0 spiro atoms. The van der Waals surface area contributed by atoms with Gasteiger partial charge in [-0.15, -0.1) is 0 Å². The molecule has 2 aliphatic rings. The van der Waals surface area contributed by atoms with Crippen molar-refractivity contribution >= 4 is 12.0 Å². The number of benzene rings is 1. The molecule has 0 N–H and O–H groups in total. The summed E-state index contributed by atoms with van der Waals surface area (Å²) in [5.41, 5.74) is 0.900. The van der Waals surface area contributed by atoms with Crippen molar-refractivity contribution in [2.24, 2.45) is 0 Å². The van der Waals surface area contributed by atoms with Crippen molar-refractivity contribution in [2.45, 2.75) is 43.9 Å². The van der Waals surface area contributed by atoms with Gasteiger partial charge in [-0.2, -0.15) is 0 Å². The first-order valence-corrected chi connectivity index (χ1v) is 9.98. The number of nitrogens with zero attached hydrogens (tertiary/aromatic N) is 2. The highest BCUT2D eigenvalue weighted by Crippen LogP contribution is 2.37. The van der Waals surface area contributed by atoms with Crippen LogP contribution >= 0.6 is 0 Å². The summed E-state index contributed by atoms with van der Waals surface area (Å²) < 4.78 is 16.6. The van der Waals surface area contributed by atoms with Crippen LogP contribution in [-0.2, 0) is 4.79 Å². The van der Waals surface area contributed by atoms with Gasteiger partial charge in [0.15, 0.2) is 11.5 Å². The predicted molar refractivity (Wildman–Crippen MR) is 110 cm³/mol. The third-order valence-corrected chi connectivity index (χ3v) is 5.70. The van der Waals surface area contributed by atoms with Gasteiger partial charge in [0.05, 0.1) is 14.2 Å². The van der Waals surface area contributed by atoms with Gasteiger partial charge in [0.1, 0.15) is 6.10 Å². The second kappa shape index (κ2) is 8.55. The second-order valence-corrected chi connectivity index (χ2v) is 7.46. The predicted octanol–water partition coefficient (Wildman–Crippen LogP) is 3.71. The van der Waals surface area contributed by atoms with Crippen molar-refractivity contribution in [3.05, 3.63) is 54.2 Å². The van der Waals surface area contributed by atoms with E-state index in [2.05, 4.69) is 4.98 Å². The summed E-state index contributed by atoms with van der Waals surface area (Å²) in [6.07, 6.45) is 9.10. The molecule has 6 nitrogen and oxygen atoms in total. The molecule has 2 unspecified atom stereocenters. The number of aromatic nitrogens is 1. The monoisotopic (exact) mass is 394 g/mol. The number of rotatable bonds is 6. The average molecular weight is 394 g/mol. The minimum atomic E-state index is 0.0589. The van der Waals surface area contributed by atoms with E-state index >= 15 is 0 Å². The Labute approximate surface area is 171 Å². The van der Waals surface area contributed by atoms with Crippen molar-refractivity contribution in [3.8, 4) is 17.4 Å². The maximum absolute atomic E-state index is 12.9. The van der Waals surface area contributed by atoms with Gasteiger partial charge in [0.25, 0.3) is 0 Å². The summed E-state index contributed by atoms with van der Waals surface area (Å²) in [6.45, 7) is 0. The molecule has 2 atom stereocenters. The summed E-state index contributed by atoms with van der Waals surface area (Å²) in [5.74, 6) is 2.03. The molecule has 0 radical (unpaired) electrons. The van der Waals surface area contributed by atoms with Crippen LogP contribution in [0.1, 0.15) is 31.2 Å². The Morgan fingerprint density at radius 3 is 2.48 bits per heavy atom. The summed E-state index contributed by atoms with van der Waals surface area (Å²) in [7, 11) is 3.21. The second-order valence-electron chi connectivity index (χ2n) is 7.46. The number of hydrogen-bond donors (Lipinski definition) is 0. The van der Waals surface area contributed by atoms with Crippen LogP contribution in [-0.4, -0.2) is 48.2 Å². The highest BCUT2D eigenvalue weighted by molar-refractivity contribution is 5.92. The number of fused-ring (bicyclic) bond motifs is 2. The molecule has 2 aliphatic heterocycles. The first kappa shape index (κ1) is 19.3.